The minimum absolute atomic E-state index is 0.0116. The van der Waals surface area contributed by atoms with E-state index < -0.39 is 0 Å². The Morgan fingerprint density at radius 2 is 2.08 bits per heavy atom. The van der Waals surface area contributed by atoms with Gasteiger partial charge in [0.15, 0.2) is 0 Å². The van der Waals surface area contributed by atoms with Crippen LogP contribution in [-0.4, -0.2) is 35.8 Å². The first-order valence-corrected chi connectivity index (χ1v) is 4.85. The fraction of sp³-hybridized carbons (Fsp3) is 0.778. The molecule has 4 nitrogen and oxygen atoms in total. The maximum absolute atomic E-state index is 11.7. The van der Waals surface area contributed by atoms with Crippen molar-refractivity contribution < 1.29 is 9.59 Å². The minimum Gasteiger partial charge on any atom is -0.344 e. The van der Waals surface area contributed by atoms with E-state index in [1.165, 1.54) is 0 Å². The van der Waals surface area contributed by atoms with Gasteiger partial charge in [-0.15, -0.1) is 0 Å². The van der Waals surface area contributed by atoms with E-state index in [9.17, 15) is 9.59 Å². The second-order valence-electron chi connectivity index (χ2n) is 3.69. The number of nitrogens with one attached hydrogen (secondary N) is 1. The van der Waals surface area contributed by atoms with Crippen LogP contribution >= 0.6 is 0 Å². The van der Waals surface area contributed by atoms with Crippen LogP contribution in [-0.2, 0) is 9.59 Å². The highest BCUT2D eigenvalue weighted by atomic mass is 16.2. The SMILES string of the molecule is O=C1CCC(C(=O)N2CCCC2)N1. The van der Waals surface area contributed by atoms with Crippen LogP contribution in [0.3, 0.4) is 0 Å². The van der Waals surface area contributed by atoms with Gasteiger partial charge in [-0.3, -0.25) is 9.59 Å². The molecule has 2 fully saturated rings. The van der Waals surface area contributed by atoms with Gasteiger partial charge in [0.05, 0.1) is 0 Å². The Kier molecular flexibility index (Phi) is 2.20. The van der Waals surface area contributed by atoms with Crippen molar-refractivity contribution in [2.75, 3.05) is 13.1 Å². The number of likely N-dealkylation sites (tertiary alicyclic amines) is 1. The molecule has 0 aromatic carbocycles. The van der Waals surface area contributed by atoms with E-state index in [1.54, 1.807) is 0 Å². The molecule has 2 heterocycles. The quantitative estimate of drug-likeness (QED) is 0.615. The molecule has 1 atom stereocenters. The van der Waals surface area contributed by atoms with Crippen LogP contribution < -0.4 is 5.32 Å². The van der Waals surface area contributed by atoms with E-state index in [0.29, 0.717) is 12.8 Å². The van der Waals surface area contributed by atoms with Gasteiger partial charge in [-0.1, -0.05) is 0 Å². The summed E-state index contributed by atoms with van der Waals surface area (Å²) in [6.45, 7) is 1.73. The predicted molar refractivity (Wildman–Crippen MR) is 47.0 cm³/mol. The number of amides is 2. The Balaban J connectivity index is 1.92. The standard InChI is InChI=1S/C9H14N2O2/c12-8-4-3-7(10-8)9(13)11-5-1-2-6-11/h7H,1-6H2,(H,10,12). The lowest BCUT2D eigenvalue weighted by Crippen LogP contribution is -2.43. The maximum Gasteiger partial charge on any atom is 0.245 e. The van der Waals surface area contributed by atoms with Gasteiger partial charge < -0.3 is 10.2 Å². The topological polar surface area (TPSA) is 49.4 Å². The van der Waals surface area contributed by atoms with E-state index in [4.69, 9.17) is 0 Å². The Bertz CT molecular complexity index is 234. The second kappa shape index (κ2) is 3.36. The van der Waals surface area contributed by atoms with E-state index >= 15 is 0 Å². The van der Waals surface area contributed by atoms with Crippen LogP contribution in [0.2, 0.25) is 0 Å². The third kappa shape index (κ3) is 1.66. The Morgan fingerprint density at radius 3 is 2.62 bits per heavy atom. The van der Waals surface area contributed by atoms with Crippen molar-refractivity contribution in [3.05, 3.63) is 0 Å². The molecule has 2 rings (SSSR count). The molecule has 2 aliphatic rings. The van der Waals surface area contributed by atoms with Crippen LogP contribution in [0.5, 0.6) is 0 Å². The van der Waals surface area contributed by atoms with Crippen LogP contribution in [0.15, 0.2) is 0 Å². The number of hydrogen-bond acceptors (Lipinski definition) is 2. The highest BCUT2D eigenvalue weighted by Gasteiger charge is 2.31. The van der Waals surface area contributed by atoms with E-state index in [0.717, 1.165) is 25.9 Å². The molecule has 2 amide bonds. The van der Waals surface area contributed by atoms with Crippen LogP contribution in [0.4, 0.5) is 0 Å². The lowest BCUT2D eigenvalue weighted by Gasteiger charge is -2.19. The van der Waals surface area contributed by atoms with Crippen molar-refractivity contribution in [3.8, 4) is 0 Å². The molecule has 72 valence electrons. The lowest BCUT2D eigenvalue weighted by atomic mass is 10.2. The summed E-state index contributed by atoms with van der Waals surface area (Å²) in [6, 6.07) is -0.231. The summed E-state index contributed by atoms with van der Waals surface area (Å²) in [6.07, 6.45) is 3.39. The highest BCUT2D eigenvalue weighted by molar-refractivity contribution is 5.90. The van der Waals surface area contributed by atoms with Gasteiger partial charge in [0.2, 0.25) is 11.8 Å². The molecule has 0 spiro atoms. The third-order valence-electron chi connectivity index (χ3n) is 2.71. The van der Waals surface area contributed by atoms with Crippen molar-refractivity contribution in [2.45, 2.75) is 31.7 Å². The molecular formula is C9H14N2O2. The molecule has 0 saturated carbocycles. The summed E-state index contributed by atoms with van der Waals surface area (Å²) in [7, 11) is 0. The summed E-state index contributed by atoms with van der Waals surface area (Å²) >= 11 is 0. The van der Waals surface area contributed by atoms with Crippen LogP contribution in [0, 0.1) is 0 Å². The number of nitrogens with zero attached hydrogens (tertiary/aromatic N) is 1. The Morgan fingerprint density at radius 1 is 1.38 bits per heavy atom. The molecule has 1 N–H and O–H groups in total. The number of hydrogen-bond donors (Lipinski definition) is 1. The first-order valence-electron chi connectivity index (χ1n) is 4.85. The summed E-state index contributed by atoms with van der Waals surface area (Å²) in [5.74, 6) is 0.126. The molecule has 2 aliphatic heterocycles. The van der Waals surface area contributed by atoms with E-state index in [-0.39, 0.29) is 17.9 Å². The summed E-state index contributed by atoms with van der Waals surface area (Å²) < 4.78 is 0. The molecule has 0 radical (unpaired) electrons. The van der Waals surface area contributed by atoms with E-state index in [2.05, 4.69) is 5.32 Å². The van der Waals surface area contributed by atoms with Crippen molar-refractivity contribution >= 4 is 11.8 Å². The van der Waals surface area contributed by atoms with Gasteiger partial charge in [0.1, 0.15) is 6.04 Å². The molecular weight excluding hydrogens is 168 g/mol. The molecule has 1 unspecified atom stereocenters. The zero-order valence-corrected chi connectivity index (χ0v) is 7.58. The van der Waals surface area contributed by atoms with Gasteiger partial charge in [-0.2, -0.15) is 0 Å². The zero-order chi connectivity index (χ0) is 9.26. The molecule has 13 heavy (non-hydrogen) atoms. The molecule has 2 saturated heterocycles. The lowest BCUT2D eigenvalue weighted by molar-refractivity contribution is -0.133. The predicted octanol–water partition coefficient (Wildman–Crippen LogP) is -0.113. The number of rotatable bonds is 1. The van der Waals surface area contributed by atoms with Gasteiger partial charge >= 0.3 is 0 Å². The number of carbonyl (C=O) groups is 2. The van der Waals surface area contributed by atoms with Gasteiger partial charge in [-0.25, -0.2) is 0 Å². The zero-order valence-electron chi connectivity index (χ0n) is 7.58. The van der Waals surface area contributed by atoms with Crippen LogP contribution in [0.25, 0.3) is 0 Å². The Hall–Kier alpha value is -1.06. The van der Waals surface area contributed by atoms with Crippen molar-refractivity contribution in [1.82, 2.24) is 10.2 Å². The first kappa shape index (κ1) is 8.53. The molecule has 0 aromatic heterocycles. The third-order valence-corrected chi connectivity index (χ3v) is 2.71. The second-order valence-corrected chi connectivity index (χ2v) is 3.69. The first-order chi connectivity index (χ1) is 6.27. The molecule has 4 heteroatoms. The van der Waals surface area contributed by atoms with Gasteiger partial charge in [-0.05, 0) is 19.3 Å². The normalized spacial score (nSPS) is 27.8. The fourth-order valence-electron chi connectivity index (χ4n) is 1.96. The molecule has 0 bridgehead atoms. The van der Waals surface area contributed by atoms with Gasteiger partial charge in [0.25, 0.3) is 0 Å². The Labute approximate surface area is 77.3 Å². The highest BCUT2D eigenvalue weighted by Crippen LogP contribution is 2.14. The van der Waals surface area contributed by atoms with Crippen molar-refractivity contribution in [3.63, 3.8) is 0 Å². The van der Waals surface area contributed by atoms with Gasteiger partial charge in [0, 0.05) is 19.5 Å². The summed E-state index contributed by atoms with van der Waals surface area (Å²) in [5.41, 5.74) is 0. The fourth-order valence-corrected chi connectivity index (χ4v) is 1.96. The van der Waals surface area contributed by atoms with Crippen molar-refractivity contribution in [1.29, 1.82) is 0 Å². The monoisotopic (exact) mass is 182 g/mol. The van der Waals surface area contributed by atoms with Crippen molar-refractivity contribution in [2.24, 2.45) is 0 Å². The average Bonchev–Trinajstić information content (AvgIpc) is 2.72. The molecule has 0 aliphatic carbocycles. The largest absolute Gasteiger partial charge is 0.344 e. The average molecular weight is 182 g/mol. The smallest absolute Gasteiger partial charge is 0.245 e. The van der Waals surface area contributed by atoms with Crippen LogP contribution in [0.1, 0.15) is 25.7 Å². The van der Waals surface area contributed by atoms with E-state index in [1.807, 2.05) is 4.90 Å². The maximum atomic E-state index is 11.7. The summed E-state index contributed by atoms with van der Waals surface area (Å²) in [4.78, 5) is 24.5. The molecule has 0 aromatic rings. The number of carbonyl (C=O) groups excluding carboxylic acids is 2. The minimum atomic E-state index is -0.231. The summed E-state index contributed by atoms with van der Waals surface area (Å²) in [5, 5.41) is 2.70.